The molecule has 0 aromatic carbocycles. The van der Waals surface area contributed by atoms with Crippen LogP contribution in [0.15, 0.2) is 17.5 Å². The zero-order chi connectivity index (χ0) is 13.8. The lowest BCUT2D eigenvalue weighted by Gasteiger charge is -2.05. The summed E-state index contributed by atoms with van der Waals surface area (Å²) in [4.78, 5) is 20.4. The molecule has 2 rings (SSSR count). The smallest absolute Gasteiger partial charge is 0.251 e. The van der Waals surface area contributed by atoms with Crippen LogP contribution in [0.2, 0.25) is 5.15 Å². The first-order chi connectivity index (χ1) is 9.08. The molecule has 0 aliphatic heterocycles. The van der Waals surface area contributed by atoms with Crippen LogP contribution < -0.4 is 5.32 Å². The third kappa shape index (κ3) is 3.75. The normalized spacial score (nSPS) is 10.5. The Morgan fingerprint density at radius 3 is 2.79 bits per heavy atom. The molecule has 19 heavy (non-hydrogen) atoms. The Morgan fingerprint density at radius 2 is 2.16 bits per heavy atom. The van der Waals surface area contributed by atoms with Gasteiger partial charge in [0.25, 0.3) is 5.91 Å². The Balaban J connectivity index is 2.05. The van der Waals surface area contributed by atoms with Gasteiger partial charge in [0.2, 0.25) is 0 Å². The van der Waals surface area contributed by atoms with Crippen molar-refractivity contribution >= 4 is 28.8 Å². The van der Waals surface area contributed by atoms with Crippen LogP contribution in [0, 0.1) is 6.92 Å². The van der Waals surface area contributed by atoms with Crippen molar-refractivity contribution in [1.29, 1.82) is 0 Å². The number of halogens is 1. The molecule has 0 aliphatic rings. The number of nitrogens with zero attached hydrogens (tertiary/aromatic N) is 2. The molecule has 100 valence electrons. The standard InChI is InChI=1S/C13H14ClN3OS/c1-3-10-4-9(5-12(14)17-10)13(18)15-6-11-7-19-8(2)16-11/h4-5,7H,3,6H2,1-2H3,(H,15,18). The lowest BCUT2D eigenvalue weighted by Crippen LogP contribution is -2.23. The van der Waals surface area contributed by atoms with E-state index in [-0.39, 0.29) is 5.91 Å². The maximum atomic E-state index is 12.0. The van der Waals surface area contributed by atoms with Crippen LogP contribution in [0.3, 0.4) is 0 Å². The highest BCUT2D eigenvalue weighted by molar-refractivity contribution is 7.09. The molecule has 6 heteroatoms. The number of thiazole rings is 1. The largest absolute Gasteiger partial charge is 0.346 e. The number of aromatic nitrogens is 2. The predicted octanol–water partition coefficient (Wildman–Crippen LogP) is 2.99. The van der Waals surface area contributed by atoms with Gasteiger partial charge in [-0.2, -0.15) is 0 Å². The first kappa shape index (κ1) is 14.0. The fourth-order valence-electron chi connectivity index (χ4n) is 1.63. The SMILES string of the molecule is CCc1cc(C(=O)NCc2csc(C)n2)cc(Cl)n1. The van der Waals surface area contributed by atoms with E-state index in [1.54, 1.807) is 23.5 Å². The summed E-state index contributed by atoms with van der Waals surface area (Å²) >= 11 is 7.46. The minimum atomic E-state index is -0.162. The Labute approximate surface area is 120 Å². The molecule has 0 bridgehead atoms. The van der Waals surface area contributed by atoms with Crippen LogP contribution in [0.5, 0.6) is 0 Å². The van der Waals surface area contributed by atoms with E-state index in [1.165, 1.54) is 0 Å². The molecule has 4 nitrogen and oxygen atoms in total. The Hall–Kier alpha value is -1.46. The molecule has 2 heterocycles. The minimum absolute atomic E-state index is 0.162. The van der Waals surface area contributed by atoms with Crippen molar-refractivity contribution in [2.45, 2.75) is 26.8 Å². The van der Waals surface area contributed by atoms with Crippen molar-refractivity contribution in [1.82, 2.24) is 15.3 Å². The number of pyridine rings is 1. The number of aryl methyl sites for hydroxylation is 2. The molecule has 0 radical (unpaired) electrons. The number of amides is 1. The highest BCUT2D eigenvalue weighted by atomic mass is 35.5. The number of rotatable bonds is 4. The van der Waals surface area contributed by atoms with Gasteiger partial charge in [-0.1, -0.05) is 18.5 Å². The van der Waals surface area contributed by atoms with Gasteiger partial charge in [-0.15, -0.1) is 11.3 Å². The van der Waals surface area contributed by atoms with E-state index in [9.17, 15) is 4.79 Å². The molecule has 2 aromatic heterocycles. The predicted molar refractivity (Wildman–Crippen MR) is 76.6 cm³/mol. The molecular formula is C13H14ClN3OS. The number of hydrogen-bond acceptors (Lipinski definition) is 4. The molecule has 0 fully saturated rings. The van der Waals surface area contributed by atoms with Gasteiger partial charge in [0.15, 0.2) is 0 Å². The molecule has 0 saturated carbocycles. The summed E-state index contributed by atoms with van der Waals surface area (Å²) in [6.07, 6.45) is 0.742. The van der Waals surface area contributed by atoms with Crippen molar-refractivity contribution in [3.63, 3.8) is 0 Å². The zero-order valence-corrected chi connectivity index (χ0v) is 12.3. The van der Waals surface area contributed by atoms with Gasteiger partial charge >= 0.3 is 0 Å². The van der Waals surface area contributed by atoms with Crippen LogP contribution in [0.1, 0.15) is 33.7 Å². The molecule has 0 unspecified atom stereocenters. The molecule has 1 amide bonds. The van der Waals surface area contributed by atoms with Crippen molar-refractivity contribution in [2.24, 2.45) is 0 Å². The van der Waals surface area contributed by atoms with Gasteiger partial charge in [-0.3, -0.25) is 4.79 Å². The average molecular weight is 296 g/mol. The fourth-order valence-corrected chi connectivity index (χ4v) is 2.46. The van der Waals surface area contributed by atoms with Gasteiger partial charge < -0.3 is 5.32 Å². The van der Waals surface area contributed by atoms with E-state index in [2.05, 4.69) is 15.3 Å². The van der Waals surface area contributed by atoms with Gasteiger partial charge in [0.05, 0.1) is 17.2 Å². The second-order valence-electron chi connectivity index (χ2n) is 4.06. The van der Waals surface area contributed by atoms with Crippen molar-refractivity contribution in [3.05, 3.63) is 44.6 Å². The van der Waals surface area contributed by atoms with E-state index in [0.717, 1.165) is 22.8 Å². The number of nitrogens with one attached hydrogen (secondary N) is 1. The maximum Gasteiger partial charge on any atom is 0.251 e. The Kier molecular flexibility index (Phi) is 4.50. The first-order valence-corrected chi connectivity index (χ1v) is 7.20. The number of carbonyl (C=O) groups is 1. The monoisotopic (exact) mass is 295 g/mol. The molecule has 1 N–H and O–H groups in total. The molecule has 2 aromatic rings. The summed E-state index contributed by atoms with van der Waals surface area (Å²) in [5.74, 6) is -0.162. The van der Waals surface area contributed by atoms with Gasteiger partial charge in [-0.25, -0.2) is 9.97 Å². The molecule has 0 aliphatic carbocycles. The maximum absolute atomic E-state index is 12.0. The van der Waals surface area contributed by atoms with Crippen molar-refractivity contribution in [3.8, 4) is 0 Å². The summed E-state index contributed by atoms with van der Waals surface area (Å²) in [6.45, 7) is 4.33. The van der Waals surface area contributed by atoms with Crippen LogP contribution >= 0.6 is 22.9 Å². The lowest BCUT2D eigenvalue weighted by molar-refractivity contribution is 0.0950. The number of carbonyl (C=O) groups excluding carboxylic acids is 1. The summed E-state index contributed by atoms with van der Waals surface area (Å²) < 4.78 is 0. The Bertz CT molecular complexity index is 597. The highest BCUT2D eigenvalue weighted by Crippen LogP contribution is 2.12. The molecule has 0 atom stereocenters. The minimum Gasteiger partial charge on any atom is -0.346 e. The van der Waals surface area contributed by atoms with E-state index in [1.807, 2.05) is 19.2 Å². The van der Waals surface area contributed by atoms with Crippen molar-refractivity contribution in [2.75, 3.05) is 0 Å². The van der Waals surface area contributed by atoms with E-state index >= 15 is 0 Å². The summed E-state index contributed by atoms with van der Waals surface area (Å²) in [5.41, 5.74) is 2.21. The summed E-state index contributed by atoms with van der Waals surface area (Å²) in [5, 5.41) is 6.09. The third-order valence-corrected chi connectivity index (χ3v) is 3.58. The van der Waals surface area contributed by atoms with Crippen LogP contribution in [-0.2, 0) is 13.0 Å². The van der Waals surface area contributed by atoms with Crippen LogP contribution in [0.4, 0.5) is 0 Å². The number of hydrogen-bond donors (Lipinski definition) is 1. The first-order valence-electron chi connectivity index (χ1n) is 5.94. The van der Waals surface area contributed by atoms with E-state index in [4.69, 9.17) is 11.6 Å². The summed E-state index contributed by atoms with van der Waals surface area (Å²) in [7, 11) is 0. The van der Waals surface area contributed by atoms with Crippen molar-refractivity contribution < 1.29 is 4.79 Å². The highest BCUT2D eigenvalue weighted by Gasteiger charge is 2.09. The van der Waals surface area contributed by atoms with E-state index in [0.29, 0.717) is 17.3 Å². The van der Waals surface area contributed by atoms with Gasteiger partial charge in [0.1, 0.15) is 5.15 Å². The topological polar surface area (TPSA) is 54.9 Å². The second kappa shape index (κ2) is 6.12. The zero-order valence-electron chi connectivity index (χ0n) is 10.7. The van der Waals surface area contributed by atoms with Crippen LogP contribution in [-0.4, -0.2) is 15.9 Å². The van der Waals surface area contributed by atoms with E-state index < -0.39 is 0 Å². The lowest BCUT2D eigenvalue weighted by atomic mass is 10.2. The fraction of sp³-hybridized carbons (Fsp3) is 0.308. The van der Waals surface area contributed by atoms with Gasteiger partial charge in [-0.05, 0) is 25.5 Å². The average Bonchev–Trinajstić information content (AvgIpc) is 2.81. The third-order valence-electron chi connectivity index (χ3n) is 2.57. The quantitative estimate of drug-likeness (QED) is 0.882. The molecule has 0 saturated heterocycles. The summed E-state index contributed by atoms with van der Waals surface area (Å²) in [6, 6.07) is 3.33. The van der Waals surface area contributed by atoms with Crippen LogP contribution in [0.25, 0.3) is 0 Å². The second-order valence-corrected chi connectivity index (χ2v) is 5.51. The molecule has 0 spiro atoms. The Morgan fingerprint density at radius 1 is 1.37 bits per heavy atom. The molecular weight excluding hydrogens is 282 g/mol. The van der Waals surface area contributed by atoms with Gasteiger partial charge in [0, 0.05) is 16.6 Å².